The Morgan fingerprint density at radius 2 is 2.35 bits per heavy atom. The van der Waals surface area contributed by atoms with Gasteiger partial charge in [0.2, 0.25) is 5.56 Å². The molecule has 2 heterocycles. The Morgan fingerprint density at radius 1 is 1.53 bits per heavy atom. The summed E-state index contributed by atoms with van der Waals surface area (Å²) in [6, 6.07) is 5.04. The van der Waals surface area contributed by atoms with Crippen LogP contribution in [0.1, 0.15) is 23.2 Å². The zero-order valence-electron chi connectivity index (χ0n) is 9.35. The zero-order valence-corrected chi connectivity index (χ0v) is 9.35. The summed E-state index contributed by atoms with van der Waals surface area (Å²) in [5, 5.41) is 8.86. The van der Waals surface area contributed by atoms with Gasteiger partial charge in [-0.3, -0.25) is 9.59 Å². The number of piperidine rings is 1. The fraction of sp³-hybridized carbons (Fsp3) is 0.417. The number of pyridine rings is 1. The maximum Gasteiger partial charge on any atom is 0.255 e. The molecule has 1 atom stereocenters. The van der Waals surface area contributed by atoms with Gasteiger partial charge in [-0.1, -0.05) is 0 Å². The van der Waals surface area contributed by atoms with E-state index >= 15 is 0 Å². The third-order valence-electron chi connectivity index (χ3n) is 2.92. The second-order valence-electron chi connectivity index (χ2n) is 4.16. The van der Waals surface area contributed by atoms with Gasteiger partial charge in [-0.15, -0.1) is 0 Å². The number of aromatic amines is 1. The van der Waals surface area contributed by atoms with Crippen molar-refractivity contribution in [1.29, 1.82) is 5.26 Å². The number of nitrogens with zero attached hydrogens (tertiary/aromatic N) is 2. The van der Waals surface area contributed by atoms with Gasteiger partial charge in [0, 0.05) is 25.4 Å². The third-order valence-corrected chi connectivity index (χ3v) is 2.92. The molecular weight excluding hydrogens is 218 g/mol. The van der Waals surface area contributed by atoms with Crippen molar-refractivity contribution in [1.82, 2.24) is 9.88 Å². The number of hydrogen-bond acceptors (Lipinski definition) is 3. The van der Waals surface area contributed by atoms with E-state index in [1.165, 1.54) is 18.3 Å². The summed E-state index contributed by atoms with van der Waals surface area (Å²) < 4.78 is 0. The van der Waals surface area contributed by atoms with Crippen LogP contribution in [0.15, 0.2) is 23.1 Å². The van der Waals surface area contributed by atoms with E-state index < -0.39 is 0 Å². The minimum absolute atomic E-state index is 0.0736. The van der Waals surface area contributed by atoms with E-state index in [4.69, 9.17) is 5.26 Å². The summed E-state index contributed by atoms with van der Waals surface area (Å²) in [6.07, 6.45) is 3.12. The SMILES string of the molecule is N#CC1CCCN(C(=O)c2ccc(=O)[nH]c2)C1. The Kier molecular flexibility index (Phi) is 3.24. The highest BCUT2D eigenvalue weighted by atomic mass is 16.2. The van der Waals surface area contributed by atoms with E-state index in [1.54, 1.807) is 4.90 Å². The van der Waals surface area contributed by atoms with Gasteiger partial charge in [-0.05, 0) is 18.9 Å². The minimum Gasteiger partial charge on any atom is -0.337 e. The maximum absolute atomic E-state index is 12.1. The van der Waals surface area contributed by atoms with Gasteiger partial charge in [0.15, 0.2) is 0 Å². The van der Waals surface area contributed by atoms with Crippen molar-refractivity contribution < 1.29 is 4.79 Å². The number of nitriles is 1. The first-order valence-electron chi connectivity index (χ1n) is 5.58. The fourth-order valence-corrected chi connectivity index (χ4v) is 1.99. The van der Waals surface area contributed by atoms with Crippen LogP contribution in [0.4, 0.5) is 0 Å². The molecule has 0 radical (unpaired) electrons. The smallest absolute Gasteiger partial charge is 0.255 e. The van der Waals surface area contributed by atoms with E-state index in [9.17, 15) is 9.59 Å². The van der Waals surface area contributed by atoms with Crippen LogP contribution in [0.25, 0.3) is 0 Å². The highest BCUT2D eigenvalue weighted by Gasteiger charge is 2.24. The van der Waals surface area contributed by atoms with Crippen LogP contribution in [0.3, 0.4) is 0 Å². The van der Waals surface area contributed by atoms with Gasteiger partial charge in [0.05, 0.1) is 17.6 Å². The third kappa shape index (κ3) is 2.53. The number of nitrogens with one attached hydrogen (secondary N) is 1. The van der Waals surface area contributed by atoms with Gasteiger partial charge >= 0.3 is 0 Å². The van der Waals surface area contributed by atoms with Gasteiger partial charge in [0.1, 0.15) is 0 Å². The molecular formula is C12H13N3O2. The van der Waals surface area contributed by atoms with Crippen LogP contribution in [-0.2, 0) is 0 Å². The Morgan fingerprint density at radius 3 is 3.00 bits per heavy atom. The first-order chi connectivity index (χ1) is 8.20. The molecule has 1 aliphatic heterocycles. The molecule has 5 heteroatoms. The Labute approximate surface area is 98.7 Å². The van der Waals surface area contributed by atoms with Crippen LogP contribution >= 0.6 is 0 Å². The number of carbonyl (C=O) groups is 1. The molecule has 1 saturated heterocycles. The topological polar surface area (TPSA) is 77.0 Å². The number of carbonyl (C=O) groups excluding carboxylic acids is 1. The standard InChI is InChI=1S/C12H13N3O2/c13-6-9-2-1-5-15(8-9)12(17)10-3-4-11(16)14-7-10/h3-4,7,9H,1-2,5,8H2,(H,14,16). The lowest BCUT2D eigenvalue weighted by atomic mass is 9.99. The first-order valence-corrected chi connectivity index (χ1v) is 5.58. The largest absolute Gasteiger partial charge is 0.337 e. The summed E-state index contributed by atoms with van der Waals surface area (Å²) in [4.78, 5) is 27.1. The lowest BCUT2D eigenvalue weighted by molar-refractivity contribution is 0.0698. The molecule has 1 N–H and O–H groups in total. The Bertz CT molecular complexity index is 495. The van der Waals surface area contributed by atoms with Crippen LogP contribution in [0.2, 0.25) is 0 Å². The second kappa shape index (κ2) is 4.83. The molecule has 1 fully saturated rings. The lowest BCUT2D eigenvalue weighted by Gasteiger charge is -2.29. The summed E-state index contributed by atoms with van der Waals surface area (Å²) in [7, 11) is 0. The molecule has 0 aromatic carbocycles. The van der Waals surface area contributed by atoms with Crippen molar-refractivity contribution in [2.24, 2.45) is 5.92 Å². The number of amides is 1. The van der Waals surface area contributed by atoms with E-state index in [0.29, 0.717) is 18.7 Å². The molecule has 2 rings (SSSR count). The molecule has 88 valence electrons. The maximum atomic E-state index is 12.1. The van der Waals surface area contributed by atoms with Gasteiger partial charge in [-0.2, -0.15) is 5.26 Å². The zero-order chi connectivity index (χ0) is 12.3. The molecule has 1 unspecified atom stereocenters. The van der Waals surface area contributed by atoms with Crippen molar-refractivity contribution >= 4 is 5.91 Å². The molecule has 0 spiro atoms. The van der Waals surface area contributed by atoms with E-state index in [0.717, 1.165) is 12.8 Å². The van der Waals surface area contributed by atoms with E-state index in [1.807, 2.05) is 0 Å². The van der Waals surface area contributed by atoms with Crippen molar-refractivity contribution in [3.63, 3.8) is 0 Å². The molecule has 5 nitrogen and oxygen atoms in total. The van der Waals surface area contributed by atoms with Crippen LogP contribution in [0, 0.1) is 17.2 Å². The predicted octanol–water partition coefficient (Wildman–Crippen LogP) is 0.751. The lowest BCUT2D eigenvalue weighted by Crippen LogP contribution is -2.39. The van der Waals surface area contributed by atoms with Crippen molar-refractivity contribution in [3.05, 3.63) is 34.2 Å². The normalized spacial score (nSPS) is 19.7. The number of hydrogen-bond donors (Lipinski definition) is 1. The fourth-order valence-electron chi connectivity index (χ4n) is 1.99. The van der Waals surface area contributed by atoms with Gasteiger partial charge in [0.25, 0.3) is 5.91 Å². The number of aromatic nitrogens is 1. The number of H-pyrrole nitrogens is 1. The van der Waals surface area contributed by atoms with Crippen molar-refractivity contribution in [3.8, 4) is 6.07 Å². The monoisotopic (exact) mass is 231 g/mol. The van der Waals surface area contributed by atoms with Crippen molar-refractivity contribution in [2.75, 3.05) is 13.1 Å². The molecule has 1 amide bonds. The molecule has 1 aromatic rings. The minimum atomic E-state index is -0.227. The van der Waals surface area contributed by atoms with Crippen molar-refractivity contribution in [2.45, 2.75) is 12.8 Å². The molecule has 17 heavy (non-hydrogen) atoms. The van der Waals surface area contributed by atoms with E-state index in [2.05, 4.69) is 11.1 Å². The second-order valence-corrected chi connectivity index (χ2v) is 4.16. The number of likely N-dealkylation sites (tertiary alicyclic amines) is 1. The molecule has 1 aromatic heterocycles. The van der Waals surface area contributed by atoms with E-state index in [-0.39, 0.29) is 17.4 Å². The van der Waals surface area contributed by atoms with Gasteiger partial charge < -0.3 is 9.88 Å². The average molecular weight is 231 g/mol. The number of rotatable bonds is 1. The average Bonchev–Trinajstić information content (AvgIpc) is 2.39. The van der Waals surface area contributed by atoms with Crippen LogP contribution < -0.4 is 5.56 Å². The molecule has 0 bridgehead atoms. The first kappa shape index (κ1) is 11.4. The highest BCUT2D eigenvalue weighted by molar-refractivity contribution is 5.93. The molecule has 1 aliphatic rings. The summed E-state index contributed by atoms with van der Waals surface area (Å²) >= 11 is 0. The summed E-state index contributed by atoms with van der Waals surface area (Å²) in [5.74, 6) is -0.198. The quantitative estimate of drug-likeness (QED) is 0.774. The summed E-state index contributed by atoms with van der Waals surface area (Å²) in [6.45, 7) is 1.16. The van der Waals surface area contributed by atoms with Crippen LogP contribution in [0.5, 0.6) is 0 Å². The Hall–Kier alpha value is -2.09. The summed E-state index contributed by atoms with van der Waals surface area (Å²) in [5.41, 5.74) is 0.235. The Balaban J connectivity index is 2.12. The molecule has 0 aliphatic carbocycles. The predicted molar refractivity (Wildman–Crippen MR) is 61.3 cm³/mol. The molecule has 0 saturated carbocycles. The highest BCUT2D eigenvalue weighted by Crippen LogP contribution is 2.17. The van der Waals surface area contributed by atoms with Crippen LogP contribution in [-0.4, -0.2) is 28.9 Å². The van der Waals surface area contributed by atoms with Gasteiger partial charge in [-0.25, -0.2) is 0 Å².